The summed E-state index contributed by atoms with van der Waals surface area (Å²) in [7, 11) is 0. The molecule has 1 aromatic carbocycles. The van der Waals surface area contributed by atoms with E-state index in [2.05, 4.69) is 0 Å². The smallest absolute Gasteiger partial charge is 0.201 e. The Hall–Kier alpha value is -2.03. The van der Waals surface area contributed by atoms with Gasteiger partial charge in [0.25, 0.3) is 0 Å². The molecule has 80 valence electrons. The Kier molecular flexibility index (Phi) is 1.72. The second kappa shape index (κ2) is 2.98. The van der Waals surface area contributed by atoms with Crippen LogP contribution >= 0.6 is 0 Å². The number of ketones is 1. The number of benzene rings is 1. The topological polar surface area (TPSA) is 46.5 Å². The van der Waals surface area contributed by atoms with Crippen LogP contribution in [0.15, 0.2) is 35.1 Å². The Labute approximate surface area is 92.7 Å². The van der Waals surface area contributed by atoms with Gasteiger partial charge in [-0.2, -0.15) is 0 Å². The van der Waals surface area contributed by atoms with Crippen molar-refractivity contribution < 1.29 is 14.6 Å². The summed E-state index contributed by atoms with van der Waals surface area (Å²) in [5.41, 5.74) is 2.66. The molecule has 0 radical (unpaired) electrons. The summed E-state index contributed by atoms with van der Waals surface area (Å²) in [6.07, 6.45) is 1.91. The number of carbonyl (C=O) groups is 1. The van der Waals surface area contributed by atoms with Gasteiger partial charge in [-0.3, -0.25) is 4.79 Å². The van der Waals surface area contributed by atoms with Crippen LogP contribution in [0.5, 0.6) is 5.75 Å². The third-order valence-corrected chi connectivity index (χ3v) is 2.98. The SMILES string of the molecule is CC1=C2C(=O)c3c(O)cccc3C=C2CO1. The van der Waals surface area contributed by atoms with Crippen LogP contribution in [0.1, 0.15) is 22.8 Å². The highest BCUT2D eigenvalue weighted by atomic mass is 16.5. The first-order chi connectivity index (χ1) is 7.68. The summed E-state index contributed by atoms with van der Waals surface area (Å²) in [4.78, 5) is 12.2. The first-order valence-corrected chi connectivity index (χ1v) is 5.10. The van der Waals surface area contributed by atoms with Crippen molar-refractivity contribution in [3.05, 3.63) is 46.2 Å². The summed E-state index contributed by atoms with van der Waals surface area (Å²) in [6, 6.07) is 5.08. The summed E-state index contributed by atoms with van der Waals surface area (Å²) in [5.74, 6) is 0.538. The first kappa shape index (κ1) is 9.21. The average Bonchev–Trinajstić information content (AvgIpc) is 2.60. The molecule has 0 fully saturated rings. The van der Waals surface area contributed by atoms with E-state index in [1.807, 2.05) is 12.1 Å². The molecule has 0 saturated carbocycles. The molecule has 1 aliphatic heterocycles. The summed E-state index contributed by atoms with van der Waals surface area (Å²) in [6.45, 7) is 2.22. The van der Waals surface area contributed by atoms with Gasteiger partial charge in [0.1, 0.15) is 18.1 Å². The fourth-order valence-corrected chi connectivity index (χ4v) is 2.21. The molecule has 3 heteroatoms. The number of allylic oxidation sites excluding steroid dienone is 1. The maximum atomic E-state index is 12.2. The fraction of sp³-hybridized carbons (Fsp3) is 0.154. The zero-order valence-electron chi connectivity index (χ0n) is 8.78. The molecule has 0 atom stereocenters. The maximum absolute atomic E-state index is 12.2. The molecule has 1 aliphatic carbocycles. The summed E-state index contributed by atoms with van der Waals surface area (Å²) in [5, 5.41) is 9.72. The van der Waals surface area contributed by atoms with E-state index >= 15 is 0 Å². The zero-order valence-corrected chi connectivity index (χ0v) is 8.78. The molecule has 3 rings (SSSR count). The van der Waals surface area contributed by atoms with Crippen LogP contribution in [-0.2, 0) is 4.74 Å². The number of Topliss-reactive ketones (excluding diaryl/α,β-unsaturated/α-hetero) is 1. The lowest BCUT2D eigenvalue weighted by Crippen LogP contribution is -2.12. The molecule has 0 unspecified atom stereocenters. The highest BCUT2D eigenvalue weighted by Gasteiger charge is 2.32. The van der Waals surface area contributed by atoms with Gasteiger partial charge in [-0.15, -0.1) is 0 Å². The van der Waals surface area contributed by atoms with E-state index in [0.717, 1.165) is 11.1 Å². The molecule has 0 saturated heterocycles. The molecule has 0 spiro atoms. The minimum Gasteiger partial charge on any atom is -0.507 e. The minimum absolute atomic E-state index is 0.0324. The van der Waals surface area contributed by atoms with Gasteiger partial charge in [0.05, 0.1) is 11.1 Å². The first-order valence-electron chi connectivity index (χ1n) is 5.10. The van der Waals surface area contributed by atoms with Crippen molar-refractivity contribution >= 4 is 11.9 Å². The lowest BCUT2D eigenvalue weighted by Gasteiger charge is -2.14. The van der Waals surface area contributed by atoms with E-state index in [1.165, 1.54) is 6.07 Å². The van der Waals surface area contributed by atoms with Gasteiger partial charge in [0.15, 0.2) is 0 Å². The second-order valence-corrected chi connectivity index (χ2v) is 3.96. The molecule has 16 heavy (non-hydrogen) atoms. The standard InChI is InChI=1S/C13H10O3/c1-7-11-9(6-16-7)5-8-3-2-4-10(14)12(8)13(11)15/h2-5,14H,6H2,1H3. The number of hydrogen-bond donors (Lipinski definition) is 1. The van der Waals surface area contributed by atoms with Crippen LogP contribution in [0.3, 0.4) is 0 Å². The second-order valence-electron chi connectivity index (χ2n) is 3.96. The molecule has 0 aromatic heterocycles. The van der Waals surface area contributed by atoms with Crippen molar-refractivity contribution in [2.45, 2.75) is 6.92 Å². The molecule has 1 heterocycles. The quantitative estimate of drug-likeness (QED) is 0.720. The van der Waals surface area contributed by atoms with Crippen molar-refractivity contribution in [1.29, 1.82) is 0 Å². The van der Waals surface area contributed by atoms with Crippen molar-refractivity contribution in [1.82, 2.24) is 0 Å². The number of carbonyl (C=O) groups excluding carboxylic acids is 1. The van der Waals surface area contributed by atoms with Crippen LogP contribution in [0.2, 0.25) is 0 Å². The van der Waals surface area contributed by atoms with Crippen LogP contribution in [0.25, 0.3) is 6.08 Å². The van der Waals surface area contributed by atoms with Gasteiger partial charge in [-0.05, 0) is 24.6 Å². The monoisotopic (exact) mass is 214 g/mol. The number of phenols is 1. The number of hydrogen-bond acceptors (Lipinski definition) is 3. The van der Waals surface area contributed by atoms with E-state index in [-0.39, 0.29) is 11.5 Å². The van der Waals surface area contributed by atoms with Gasteiger partial charge in [0.2, 0.25) is 5.78 Å². The van der Waals surface area contributed by atoms with Crippen molar-refractivity contribution in [2.24, 2.45) is 0 Å². The fourth-order valence-electron chi connectivity index (χ4n) is 2.21. The molecule has 0 amide bonds. The average molecular weight is 214 g/mol. The van der Waals surface area contributed by atoms with E-state index in [4.69, 9.17) is 4.74 Å². The van der Waals surface area contributed by atoms with E-state index in [9.17, 15) is 9.90 Å². The molecule has 3 nitrogen and oxygen atoms in total. The van der Waals surface area contributed by atoms with Crippen LogP contribution < -0.4 is 0 Å². The molecule has 2 aliphatic rings. The number of phenolic OH excluding ortho intramolecular Hbond substituents is 1. The Morgan fingerprint density at radius 3 is 3.00 bits per heavy atom. The molecular weight excluding hydrogens is 204 g/mol. The Bertz CT molecular complexity index is 565. The maximum Gasteiger partial charge on any atom is 0.201 e. The normalized spacial score (nSPS) is 17.8. The van der Waals surface area contributed by atoms with E-state index in [1.54, 1.807) is 13.0 Å². The third kappa shape index (κ3) is 1.05. The van der Waals surface area contributed by atoms with Gasteiger partial charge in [0, 0.05) is 5.57 Å². The highest BCUT2D eigenvalue weighted by Crippen LogP contribution is 2.37. The molecule has 1 aromatic rings. The Balaban J connectivity index is 2.32. The van der Waals surface area contributed by atoms with E-state index in [0.29, 0.717) is 23.5 Å². The van der Waals surface area contributed by atoms with Crippen molar-refractivity contribution in [3.63, 3.8) is 0 Å². The largest absolute Gasteiger partial charge is 0.507 e. The van der Waals surface area contributed by atoms with Gasteiger partial charge in [-0.25, -0.2) is 0 Å². The lowest BCUT2D eigenvalue weighted by molar-refractivity contribution is 0.103. The predicted octanol–water partition coefficient (Wildman–Crippen LogP) is 2.28. The minimum atomic E-state index is -0.138. The Morgan fingerprint density at radius 1 is 1.38 bits per heavy atom. The van der Waals surface area contributed by atoms with Crippen LogP contribution in [0.4, 0.5) is 0 Å². The number of fused-ring (bicyclic) bond motifs is 2. The highest BCUT2D eigenvalue weighted by molar-refractivity contribution is 6.18. The number of aromatic hydroxyl groups is 1. The number of rotatable bonds is 0. The third-order valence-electron chi connectivity index (χ3n) is 2.98. The predicted molar refractivity (Wildman–Crippen MR) is 59.1 cm³/mol. The molecular formula is C13H10O3. The van der Waals surface area contributed by atoms with Crippen LogP contribution in [0, 0.1) is 0 Å². The number of ether oxygens (including phenoxy) is 1. The van der Waals surface area contributed by atoms with Gasteiger partial charge >= 0.3 is 0 Å². The Morgan fingerprint density at radius 2 is 2.19 bits per heavy atom. The van der Waals surface area contributed by atoms with Crippen LogP contribution in [-0.4, -0.2) is 17.5 Å². The van der Waals surface area contributed by atoms with Crippen molar-refractivity contribution in [3.8, 4) is 5.75 Å². The zero-order chi connectivity index (χ0) is 11.3. The molecule has 0 bridgehead atoms. The van der Waals surface area contributed by atoms with Crippen molar-refractivity contribution in [2.75, 3.05) is 6.61 Å². The molecule has 1 N–H and O–H groups in total. The van der Waals surface area contributed by atoms with Gasteiger partial charge in [-0.1, -0.05) is 12.1 Å². The van der Waals surface area contributed by atoms with Gasteiger partial charge < -0.3 is 9.84 Å². The van der Waals surface area contributed by atoms with E-state index < -0.39 is 0 Å². The summed E-state index contributed by atoms with van der Waals surface area (Å²) >= 11 is 0. The lowest BCUT2D eigenvalue weighted by atomic mass is 9.87. The summed E-state index contributed by atoms with van der Waals surface area (Å²) < 4.78 is 5.35.